The number of carbonyl (C=O) groups is 1. The van der Waals surface area contributed by atoms with Crippen LogP contribution in [0.4, 0.5) is 5.82 Å². The Bertz CT molecular complexity index is 784. The highest BCUT2D eigenvalue weighted by Crippen LogP contribution is 2.16. The molecule has 2 heterocycles. The topological polar surface area (TPSA) is 54.9 Å². The van der Waals surface area contributed by atoms with Gasteiger partial charge in [0.25, 0.3) is 0 Å². The Hall–Kier alpha value is -2.75. The number of anilines is 1. The number of rotatable bonds is 3. The zero-order valence-electron chi connectivity index (χ0n) is 11.7. The average Bonchev–Trinajstić information content (AvgIpc) is 2.49. The summed E-state index contributed by atoms with van der Waals surface area (Å²) < 4.78 is 0. The van der Waals surface area contributed by atoms with Gasteiger partial charge in [-0.2, -0.15) is 0 Å². The van der Waals surface area contributed by atoms with Crippen molar-refractivity contribution in [2.24, 2.45) is 0 Å². The summed E-state index contributed by atoms with van der Waals surface area (Å²) in [5.74, 6) is 0.439. The van der Waals surface area contributed by atoms with E-state index in [0.717, 1.165) is 22.2 Å². The lowest BCUT2D eigenvalue weighted by Gasteiger charge is -2.06. The van der Waals surface area contributed by atoms with E-state index in [9.17, 15) is 4.79 Å². The summed E-state index contributed by atoms with van der Waals surface area (Å²) in [4.78, 5) is 20.7. The van der Waals surface area contributed by atoms with Gasteiger partial charge in [0.1, 0.15) is 5.82 Å². The van der Waals surface area contributed by atoms with Crippen molar-refractivity contribution in [3.8, 4) is 0 Å². The van der Waals surface area contributed by atoms with Crippen LogP contribution >= 0.6 is 0 Å². The number of benzene rings is 1. The number of hydrogen-bond acceptors (Lipinski definition) is 3. The lowest BCUT2D eigenvalue weighted by Crippen LogP contribution is -2.15. The molecule has 0 spiro atoms. The molecule has 0 saturated carbocycles. The number of pyridine rings is 2. The summed E-state index contributed by atoms with van der Waals surface area (Å²) >= 11 is 0. The Balaban J connectivity index is 1.78. The SMILES string of the molecule is Cc1cccc2ccc(CC(=O)Nc3ccccn3)nc12. The van der Waals surface area contributed by atoms with E-state index < -0.39 is 0 Å². The molecular weight excluding hydrogens is 262 g/mol. The molecule has 2 aromatic heterocycles. The van der Waals surface area contributed by atoms with Crippen LogP contribution in [0.25, 0.3) is 10.9 Å². The molecule has 0 unspecified atom stereocenters. The predicted octanol–water partition coefficient (Wildman–Crippen LogP) is 3.12. The molecule has 104 valence electrons. The lowest BCUT2D eigenvalue weighted by atomic mass is 10.1. The maximum absolute atomic E-state index is 12.0. The maximum Gasteiger partial charge on any atom is 0.231 e. The first-order chi connectivity index (χ1) is 10.2. The fourth-order valence-electron chi connectivity index (χ4n) is 2.22. The summed E-state index contributed by atoms with van der Waals surface area (Å²) in [5, 5.41) is 3.85. The number of fused-ring (bicyclic) bond motifs is 1. The normalized spacial score (nSPS) is 10.5. The number of aryl methyl sites for hydroxylation is 1. The molecule has 0 aliphatic rings. The van der Waals surface area contributed by atoms with E-state index in [1.54, 1.807) is 12.3 Å². The Kier molecular flexibility index (Phi) is 3.60. The minimum absolute atomic E-state index is 0.117. The second-order valence-electron chi connectivity index (χ2n) is 4.89. The fourth-order valence-corrected chi connectivity index (χ4v) is 2.22. The van der Waals surface area contributed by atoms with Crippen molar-refractivity contribution in [3.63, 3.8) is 0 Å². The van der Waals surface area contributed by atoms with Crippen LogP contribution in [0.15, 0.2) is 54.7 Å². The van der Waals surface area contributed by atoms with Crippen molar-refractivity contribution in [1.29, 1.82) is 0 Å². The molecule has 0 bridgehead atoms. The summed E-state index contributed by atoms with van der Waals surface area (Å²) in [5.41, 5.74) is 2.81. The van der Waals surface area contributed by atoms with Crippen LogP contribution in [0.2, 0.25) is 0 Å². The van der Waals surface area contributed by atoms with Crippen LogP contribution in [0.1, 0.15) is 11.3 Å². The number of aromatic nitrogens is 2. The van der Waals surface area contributed by atoms with Gasteiger partial charge in [-0.1, -0.05) is 30.3 Å². The number of carbonyl (C=O) groups excluding carboxylic acids is 1. The molecular formula is C17H15N3O. The molecule has 1 amide bonds. The van der Waals surface area contributed by atoms with Gasteiger partial charge >= 0.3 is 0 Å². The molecule has 3 rings (SSSR count). The van der Waals surface area contributed by atoms with Gasteiger partial charge in [-0.15, -0.1) is 0 Å². The molecule has 4 heteroatoms. The third-order valence-electron chi connectivity index (χ3n) is 3.25. The number of nitrogens with one attached hydrogen (secondary N) is 1. The number of hydrogen-bond donors (Lipinski definition) is 1. The van der Waals surface area contributed by atoms with E-state index in [2.05, 4.69) is 15.3 Å². The van der Waals surface area contributed by atoms with E-state index in [0.29, 0.717) is 5.82 Å². The zero-order valence-corrected chi connectivity index (χ0v) is 11.7. The molecule has 3 aromatic rings. The lowest BCUT2D eigenvalue weighted by molar-refractivity contribution is -0.115. The smallest absolute Gasteiger partial charge is 0.231 e. The molecule has 4 nitrogen and oxygen atoms in total. The van der Waals surface area contributed by atoms with E-state index in [-0.39, 0.29) is 12.3 Å². The van der Waals surface area contributed by atoms with E-state index in [4.69, 9.17) is 0 Å². The molecule has 0 aliphatic heterocycles. The Morgan fingerprint density at radius 1 is 1.10 bits per heavy atom. The van der Waals surface area contributed by atoms with Crippen LogP contribution in [-0.2, 0) is 11.2 Å². The van der Waals surface area contributed by atoms with Crippen LogP contribution in [-0.4, -0.2) is 15.9 Å². The van der Waals surface area contributed by atoms with Crippen LogP contribution in [0, 0.1) is 6.92 Å². The van der Waals surface area contributed by atoms with E-state index >= 15 is 0 Å². The highest BCUT2D eigenvalue weighted by atomic mass is 16.1. The highest BCUT2D eigenvalue weighted by molar-refractivity contribution is 5.91. The molecule has 0 radical (unpaired) electrons. The first-order valence-corrected chi connectivity index (χ1v) is 6.78. The second kappa shape index (κ2) is 5.71. The second-order valence-corrected chi connectivity index (χ2v) is 4.89. The largest absolute Gasteiger partial charge is 0.310 e. The maximum atomic E-state index is 12.0. The summed E-state index contributed by atoms with van der Waals surface area (Å²) in [6.45, 7) is 2.02. The van der Waals surface area contributed by atoms with Gasteiger partial charge in [0.15, 0.2) is 0 Å². The van der Waals surface area contributed by atoms with Gasteiger partial charge in [0.05, 0.1) is 17.6 Å². The Morgan fingerprint density at radius 2 is 2.00 bits per heavy atom. The van der Waals surface area contributed by atoms with Gasteiger partial charge in [-0.25, -0.2) is 4.98 Å². The number of nitrogens with zero attached hydrogens (tertiary/aromatic N) is 2. The van der Waals surface area contributed by atoms with Crippen molar-refractivity contribution >= 4 is 22.6 Å². The average molecular weight is 277 g/mol. The molecule has 1 N–H and O–H groups in total. The van der Waals surface area contributed by atoms with Gasteiger partial charge < -0.3 is 5.32 Å². The van der Waals surface area contributed by atoms with Crippen molar-refractivity contribution in [1.82, 2.24) is 9.97 Å². The third kappa shape index (κ3) is 3.05. The molecule has 1 aromatic carbocycles. The van der Waals surface area contributed by atoms with Crippen LogP contribution in [0.5, 0.6) is 0 Å². The van der Waals surface area contributed by atoms with E-state index in [1.807, 2.05) is 49.4 Å². The third-order valence-corrected chi connectivity index (χ3v) is 3.25. The molecule has 21 heavy (non-hydrogen) atoms. The minimum atomic E-state index is -0.117. The highest BCUT2D eigenvalue weighted by Gasteiger charge is 2.07. The quantitative estimate of drug-likeness (QED) is 0.800. The molecule has 0 saturated heterocycles. The van der Waals surface area contributed by atoms with Crippen molar-refractivity contribution in [2.75, 3.05) is 5.32 Å². The van der Waals surface area contributed by atoms with Crippen molar-refractivity contribution < 1.29 is 4.79 Å². The minimum Gasteiger partial charge on any atom is -0.310 e. The number of amides is 1. The zero-order chi connectivity index (χ0) is 14.7. The summed E-state index contributed by atoms with van der Waals surface area (Å²) in [6, 6.07) is 15.3. The van der Waals surface area contributed by atoms with E-state index in [1.165, 1.54) is 0 Å². The Labute approximate surface area is 122 Å². The predicted molar refractivity (Wildman–Crippen MR) is 83.1 cm³/mol. The summed E-state index contributed by atoms with van der Waals surface area (Å²) in [7, 11) is 0. The fraction of sp³-hybridized carbons (Fsp3) is 0.118. The first kappa shape index (κ1) is 13.2. The Morgan fingerprint density at radius 3 is 2.81 bits per heavy atom. The van der Waals surface area contributed by atoms with Gasteiger partial charge in [0.2, 0.25) is 5.91 Å². The molecule has 0 fully saturated rings. The van der Waals surface area contributed by atoms with Gasteiger partial charge in [-0.05, 0) is 30.7 Å². The monoisotopic (exact) mass is 277 g/mol. The first-order valence-electron chi connectivity index (χ1n) is 6.78. The van der Waals surface area contributed by atoms with Gasteiger partial charge in [-0.3, -0.25) is 9.78 Å². The molecule has 0 aliphatic carbocycles. The number of para-hydroxylation sites is 1. The molecule has 0 atom stereocenters. The van der Waals surface area contributed by atoms with Crippen LogP contribution in [0.3, 0.4) is 0 Å². The van der Waals surface area contributed by atoms with Crippen LogP contribution < -0.4 is 5.32 Å². The standard InChI is InChI=1S/C17H15N3O/c1-12-5-4-6-13-8-9-14(19-17(12)13)11-16(21)20-15-7-2-3-10-18-15/h2-10H,11H2,1H3,(H,18,20,21). The van der Waals surface area contributed by atoms with Crippen molar-refractivity contribution in [2.45, 2.75) is 13.3 Å². The van der Waals surface area contributed by atoms with Crippen molar-refractivity contribution in [3.05, 3.63) is 66.0 Å². The van der Waals surface area contributed by atoms with Gasteiger partial charge in [0, 0.05) is 11.6 Å². The summed E-state index contributed by atoms with van der Waals surface area (Å²) in [6.07, 6.45) is 1.88.